The first kappa shape index (κ1) is 8.52. The second-order valence-corrected chi connectivity index (χ2v) is 4.46. The molecule has 1 aliphatic carbocycles. The predicted octanol–water partition coefficient (Wildman–Crippen LogP) is 1.21. The molecule has 0 unspecified atom stereocenters. The van der Waals surface area contributed by atoms with Gasteiger partial charge in [-0.15, -0.1) is 0 Å². The van der Waals surface area contributed by atoms with E-state index in [9.17, 15) is 0 Å². The lowest BCUT2D eigenvalue weighted by molar-refractivity contribution is 0.141. The van der Waals surface area contributed by atoms with Gasteiger partial charge in [0, 0.05) is 19.1 Å². The van der Waals surface area contributed by atoms with Crippen LogP contribution in [0, 0.1) is 5.92 Å². The van der Waals surface area contributed by atoms with E-state index in [1.54, 1.807) is 0 Å². The molecule has 0 spiro atoms. The van der Waals surface area contributed by atoms with Crippen molar-refractivity contribution in [1.82, 2.24) is 4.90 Å². The molecule has 0 aromatic rings. The molecule has 0 aromatic carbocycles. The summed E-state index contributed by atoms with van der Waals surface area (Å²) in [6.07, 6.45) is 7.35. The maximum Gasteiger partial charge on any atom is 0.0297 e. The van der Waals surface area contributed by atoms with Gasteiger partial charge in [0.05, 0.1) is 0 Å². The highest BCUT2D eigenvalue weighted by Gasteiger charge is 2.23. The van der Waals surface area contributed by atoms with Crippen molar-refractivity contribution in [2.24, 2.45) is 11.7 Å². The molecule has 2 aliphatic rings. The molecule has 12 heavy (non-hydrogen) atoms. The second-order valence-electron chi connectivity index (χ2n) is 4.46. The first-order chi connectivity index (χ1) is 5.84. The summed E-state index contributed by atoms with van der Waals surface area (Å²) in [5.41, 5.74) is 5.71. The maximum atomic E-state index is 5.71. The van der Waals surface area contributed by atoms with E-state index in [0.717, 1.165) is 19.0 Å². The summed E-state index contributed by atoms with van der Waals surface area (Å²) in [5, 5.41) is 0. The minimum atomic E-state index is 0.480. The lowest BCUT2D eigenvalue weighted by atomic mass is 10.0. The van der Waals surface area contributed by atoms with E-state index in [1.807, 2.05) is 0 Å². The van der Waals surface area contributed by atoms with Gasteiger partial charge >= 0.3 is 0 Å². The summed E-state index contributed by atoms with van der Waals surface area (Å²) >= 11 is 0. The van der Waals surface area contributed by atoms with Crippen molar-refractivity contribution < 1.29 is 0 Å². The number of nitrogens with two attached hydrogens (primary N) is 1. The van der Waals surface area contributed by atoms with Gasteiger partial charge in [0.2, 0.25) is 0 Å². The van der Waals surface area contributed by atoms with Crippen LogP contribution in [-0.4, -0.2) is 30.6 Å². The Bertz CT molecular complexity index is 135. The van der Waals surface area contributed by atoms with Crippen molar-refractivity contribution in [1.29, 1.82) is 0 Å². The van der Waals surface area contributed by atoms with E-state index < -0.39 is 0 Å². The lowest BCUT2D eigenvalue weighted by Crippen LogP contribution is -2.55. The number of hydrogen-bond donors (Lipinski definition) is 1. The van der Waals surface area contributed by atoms with Crippen LogP contribution in [0.4, 0.5) is 0 Å². The molecule has 0 bridgehead atoms. The quantitative estimate of drug-likeness (QED) is 0.686. The van der Waals surface area contributed by atoms with Crippen molar-refractivity contribution in [2.75, 3.05) is 19.6 Å². The summed E-state index contributed by atoms with van der Waals surface area (Å²) in [6.45, 7) is 3.60. The molecule has 2 fully saturated rings. The molecule has 0 aromatic heterocycles. The third-order valence-electron chi connectivity index (χ3n) is 3.31. The van der Waals surface area contributed by atoms with Crippen molar-refractivity contribution in [3.05, 3.63) is 0 Å². The monoisotopic (exact) mass is 168 g/mol. The maximum absolute atomic E-state index is 5.71. The molecule has 70 valence electrons. The number of rotatable bonds is 3. The minimum absolute atomic E-state index is 0.480. The van der Waals surface area contributed by atoms with Crippen LogP contribution in [0.25, 0.3) is 0 Å². The zero-order chi connectivity index (χ0) is 8.39. The van der Waals surface area contributed by atoms with Crippen molar-refractivity contribution in [3.8, 4) is 0 Å². The average Bonchev–Trinajstić information content (AvgIpc) is 2.47. The largest absolute Gasteiger partial charge is 0.325 e. The van der Waals surface area contributed by atoms with Crippen LogP contribution in [0.15, 0.2) is 0 Å². The summed E-state index contributed by atoms with van der Waals surface area (Å²) < 4.78 is 0. The Morgan fingerprint density at radius 3 is 2.42 bits per heavy atom. The predicted molar refractivity (Wildman–Crippen MR) is 51.0 cm³/mol. The van der Waals surface area contributed by atoms with E-state index in [-0.39, 0.29) is 0 Å². The van der Waals surface area contributed by atoms with Crippen LogP contribution in [0.2, 0.25) is 0 Å². The number of nitrogens with zero attached hydrogens (tertiary/aromatic N) is 1. The molecule has 2 N–H and O–H groups in total. The van der Waals surface area contributed by atoms with E-state index >= 15 is 0 Å². The van der Waals surface area contributed by atoms with Gasteiger partial charge in [-0.2, -0.15) is 0 Å². The van der Waals surface area contributed by atoms with Crippen LogP contribution in [0.5, 0.6) is 0 Å². The van der Waals surface area contributed by atoms with Gasteiger partial charge in [-0.3, -0.25) is 0 Å². The first-order valence-corrected chi connectivity index (χ1v) is 5.32. The molecule has 2 rings (SSSR count). The lowest BCUT2D eigenvalue weighted by Gasteiger charge is -2.37. The minimum Gasteiger partial charge on any atom is -0.325 e. The van der Waals surface area contributed by atoms with Crippen molar-refractivity contribution >= 4 is 0 Å². The Morgan fingerprint density at radius 2 is 1.83 bits per heavy atom. The van der Waals surface area contributed by atoms with Crippen LogP contribution in [-0.2, 0) is 0 Å². The van der Waals surface area contributed by atoms with Gasteiger partial charge in [-0.05, 0) is 18.9 Å². The Hall–Kier alpha value is -0.0800. The van der Waals surface area contributed by atoms with Gasteiger partial charge in [0.25, 0.3) is 0 Å². The van der Waals surface area contributed by atoms with Crippen LogP contribution in [0.3, 0.4) is 0 Å². The zero-order valence-corrected chi connectivity index (χ0v) is 7.84. The van der Waals surface area contributed by atoms with Crippen LogP contribution in [0.1, 0.15) is 32.1 Å². The fourth-order valence-corrected chi connectivity index (χ4v) is 2.46. The van der Waals surface area contributed by atoms with Crippen molar-refractivity contribution in [2.45, 2.75) is 38.1 Å². The molecular formula is C10H20N2. The second kappa shape index (κ2) is 3.75. The highest BCUT2D eigenvalue weighted by Crippen LogP contribution is 2.27. The van der Waals surface area contributed by atoms with Gasteiger partial charge in [-0.1, -0.05) is 25.7 Å². The van der Waals surface area contributed by atoms with E-state index in [2.05, 4.69) is 4.90 Å². The third-order valence-corrected chi connectivity index (χ3v) is 3.31. The fourth-order valence-electron chi connectivity index (χ4n) is 2.46. The third kappa shape index (κ3) is 1.99. The molecule has 0 atom stereocenters. The van der Waals surface area contributed by atoms with Gasteiger partial charge in [-0.25, -0.2) is 0 Å². The topological polar surface area (TPSA) is 29.3 Å². The van der Waals surface area contributed by atoms with Gasteiger partial charge in [0.1, 0.15) is 0 Å². The average molecular weight is 168 g/mol. The van der Waals surface area contributed by atoms with Crippen LogP contribution < -0.4 is 5.73 Å². The van der Waals surface area contributed by atoms with E-state index in [1.165, 1.54) is 38.6 Å². The summed E-state index contributed by atoms with van der Waals surface area (Å²) in [4.78, 5) is 2.49. The number of hydrogen-bond acceptors (Lipinski definition) is 2. The normalized spacial score (nSPS) is 27.8. The first-order valence-electron chi connectivity index (χ1n) is 5.32. The smallest absolute Gasteiger partial charge is 0.0297 e. The molecule has 0 amide bonds. The van der Waals surface area contributed by atoms with E-state index in [0.29, 0.717) is 6.04 Å². The van der Waals surface area contributed by atoms with E-state index in [4.69, 9.17) is 5.73 Å². The zero-order valence-electron chi connectivity index (χ0n) is 7.84. The van der Waals surface area contributed by atoms with Crippen LogP contribution >= 0.6 is 0 Å². The molecule has 1 heterocycles. The number of likely N-dealkylation sites (tertiary alicyclic amines) is 1. The Morgan fingerprint density at radius 1 is 1.17 bits per heavy atom. The summed E-state index contributed by atoms with van der Waals surface area (Å²) in [6, 6.07) is 0.480. The molecule has 1 aliphatic heterocycles. The van der Waals surface area contributed by atoms with Crippen molar-refractivity contribution in [3.63, 3.8) is 0 Å². The summed E-state index contributed by atoms with van der Waals surface area (Å²) in [7, 11) is 0. The summed E-state index contributed by atoms with van der Waals surface area (Å²) in [5.74, 6) is 1.04. The standard InChI is InChI=1S/C10H20N2/c11-10-7-12(8-10)6-5-9-3-1-2-4-9/h9-10H,1-8,11H2. The fraction of sp³-hybridized carbons (Fsp3) is 1.00. The highest BCUT2D eigenvalue weighted by molar-refractivity contribution is 4.83. The molecule has 1 saturated heterocycles. The SMILES string of the molecule is NC1CN(CCC2CCCC2)C1. The van der Waals surface area contributed by atoms with Gasteiger partial charge in [0.15, 0.2) is 0 Å². The Balaban J connectivity index is 1.56. The Kier molecular flexibility index (Phi) is 2.66. The molecule has 0 radical (unpaired) electrons. The Labute approximate surface area is 75.1 Å². The van der Waals surface area contributed by atoms with Gasteiger partial charge < -0.3 is 10.6 Å². The molecular weight excluding hydrogens is 148 g/mol. The molecule has 1 saturated carbocycles. The molecule has 2 heteroatoms. The highest BCUT2D eigenvalue weighted by atomic mass is 15.2. The molecule has 2 nitrogen and oxygen atoms in total.